The van der Waals surface area contributed by atoms with Gasteiger partial charge in [-0.15, -0.1) is 0 Å². The predicted octanol–water partition coefficient (Wildman–Crippen LogP) is 3.06. The molecule has 0 fully saturated rings. The fraction of sp³-hybridized carbons (Fsp3) is 0.333. The molecule has 0 aliphatic heterocycles. The van der Waals surface area contributed by atoms with Crippen molar-refractivity contribution in [2.45, 2.75) is 16.5 Å². The first-order valence-electron chi connectivity index (χ1n) is 3.65. The maximum absolute atomic E-state index is 13.3. The molecule has 2 heteroatoms. The van der Waals surface area contributed by atoms with Crippen LogP contribution in [0.1, 0.15) is 17.3 Å². The standard InChI is InChI=1S/C9H8FI/c10-9-7-4-2-1-3-6(7)5-8(9)11/h1-4,8-9H,5H2/t8-,9-/m1/s1. The summed E-state index contributed by atoms with van der Waals surface area (Å²) < 4.78 is 13.4. The first-order valence-corrected chi connectivity index (χ1v) is 4.89. The maximum Gasteiger partial charge on any atom is 0.137 e. The fourth-order valence-corrected chi connectivity index (χ4v) is 2.36. The molecule has 0 nitrogen and oxygen atoms in total. The maximum atomic E-state index is 13.3. The Hall–Kier alpha value is -0.120. The topological polar surface area (TPSA) is 0 Å². The van der Waals surface area contributed by atoms with Crippen molar-refractivity contribution in [1.29, 1.82) is 0 Å². The summed E-state index contributed by atoms with van der Waals surface area (Å²) in [4.78, 5) is 0. The van der Waals surface area contributed by atoms with Crippen LogP contribution in [0, 0.1) is 0 Å². The Kier molecular flexibility index (Phi) is 1.87. The summed E-state index contributed by atoms with van der Waals surface area (Å²) >= 11 is 2.18. The van der Waals surface area contributed by atoms with Crippen LogP contribution in [0.2, 0.25) is 0 Å². The van der Waals surface area contributed by atoms with Crippen LogP contribution < -0.4 is 0 Å². The number of fused-ring (bicyclic) bond motifs is 1. The predicted molar refractivity (Wildman–Crippen MR) is 51.8 cm³/mol. The van der Waals surface area contributed by atoms with Crippen molar-refractivity contribution >= 4 is 22.6 Å². The van der Waals surface area contributed by atoms with E-state index >= 15 is 0 Å². The number of halogens is 2. The van der Waals surface area contributed by atoms with Gasteiger partial charge in [-0.2, -0.15) is 0 Å². The Balaban J connectivity index is 2.47. The van der Waals surface area contributed by atoms with Crippen LogP contribution in [0.25, 0.3) is 0 Å². The number of hydrogen-bond acceptors (Lipinski definition) is 0. The van der Waals surface area contributed by atoms with Crippen molar-refractivity contribution in [3.63, 3.8) is 0 Å². The monoisotopic (exact) mass is 262 g/mol. The van der Waals surface area contributed by atoms with Crippen LogP contribution >= 0.6 is 22.6 Å². The van der Waals surface area contributed by atoms with E-state index in [9.17, 15) is 4.39 Å². The average Bonchev–Trinajstić information content (AvgIpc) is 2.30. The van der Waals surface area contributed by atoms with Crippen LogP contribution in [0.4, 0.5) is 4.39 Å². The number of rotatable bonds is 0. The van der Waals surface area contributed by atoms with Crippen LogP contribution in [0.5, 0.6) is 0 Å². The molecule has 0 saturated carbocycles. The molecule has 0 aromatic heterocycles. The molecule has 0 bridgehead atoms. The van der Waals surface area contributed by atoms with Crippen molar-refractivity contribution in [3.8, 4) is 0 Å². The summed E-state index contributed by atoms with van der Waals surface area (Å²) in [7, 11) is 0. The zero-order valence-electron chi connectivity index (χ0n) is 5.93. The van der Waals surface area contributed by atoms with Gasteiger partial charge in [0.1, 0.15) is 6.17 Å². The van der Waals surface area contributed by atoms with Gasteiger partial charge >= 0.3 is 0 Å². The molecule has 1 aromatic rings. The molecule has 0 saturated heterocycles. The van der Waals surface area contributed by atoms with Gasteiger partial charge < -0.3 is 0 Å². The Morgan fingerprint density at radius 3 is 2.82 bits per heavy atom. The Morgan fingerprint density at radius 1 is 1.36 bits per heavy atom. The third-order valence-electron chi connectivity index (χ3n) is 2.08. The van der Waals surface area contributed by atoms with E-state index in [1.165, 1.54) is 5.56 Å². The fourth-order valence-electron chi connectivity index (χ4n) is 1.50. The van der Waals surface area contributed by atoms with Crippen LogP contribution in [0.3, 0.4) is 0 Å². The molecule has 0 N–H and O–H groups in total. The van der Waals surface area contributed by atoms with Gasteiger partial charge in [0.05, 0.1) is 3.92 Å². The SMILES string of the molecule is F[C@@H]1c2ccccc2C[C@H]1I. The minimum Gasteiger partial charge on any atom is -0.241 e. The lowest BCUT2D eigenvalue weighted by atomic mass is 10.1. The Bertz CT molecular complexity index is 272. The van der Waals surface area contributed by atoms with Gasteiger partial charge in [0, 0.05) is 0 Å². The van der Waals surface area contributed by atoms with E-state index in [0.717, 1.165) is 12.0 Å². The van der Waals surface area contributed by atoms with Crippen LogP contribution in [-0.4, -0.2) is 3.92 Å². The summed E-state index contributed by atoms with van der Waals surface area (Å²) in [6.45, 7) is 0. The lowest BCUT2D eigenvalue weighted by Gasteiger charge is -2.02. The zero-order valence-corrected chi connectivity index (χ0v) is 8.08. The third-order valence-corrected chi connectivity index (χ3v) is 3.16. The average molecular weight is 262 g/mol. The summed E-state index contributed by atoms with van der Waals surface area (Å²) in [6, 6.07) is 7.78. The van der Waals surface area contributed by atoms with E-state index in [4.69, 9.17) is 0 Å². The summed E-state index contributed by atoms with van der Waals surface area (Å²) in [5, 5.41) is 0. The number of hydrogen-bond donors (Lipinski definition) is 0. The van der Waals surface area contributed by atoms with Gasteiger partial charge in [0.2, 0.25) is 0 Å². The molecule has 1 aromatic carbocycles. The Morgan fingerprint density at radius 2 is 2.09 bits per heavy atom. The van der Waals surface area contributed by atoms with Crippen LogP contribution in [-0.2, 0) is 6.42 Å². The first-order chi connectivity index (χ1) is 5.29. The molecule has 2 atom stereocenters. The van der Waals surface area contributed by atoms with E-state index in [0.29, 0.717) is 0 Å². The van der Waals surface area contributed by atoms with Gasteiger partial charge in [-0.3, -0.25) is 0 Å². The van der Waals surface area contributed by atoms with Crippen molar-refractivity contribution in [1.82, 2.24) is 0 Å². The van der Waals surface area contributed by atoms with Gasteiger partial charge in [-0.05, 0) is 17.5 Å². The second-order valence-electron chi connectivity index (χ2n) is 2.82. The molecule has 58 valence electrons. The highest BCUT2D eigenvalue weighted by Gasteiger charge is 2.29. The van der Waals surface area contributed by atoms with Gasteiger partial charge in [-0.1, -0.05) is 46.9 Å². The second kappa shape index (κ2) is 2.73. The molecular weight excluding hydrogens is 254 g/mol. The van der Waals surface area contributed by atoms with Gasteiger partial charge in [0.25, 0.3) is 0 Å². The third kappa shape index (κ3) is 1.17. The van der Waals surface area contributed by atoms with Gasteiger partial charge in [0.15, 0.2) is 0 Å². The molecule has 0 spiro atoms. The molecule has 1 aliphatic rings. The van der Waals surface area contributed by atoms with Crippen molar-refractivity contribution < 1.29 is 4.39 Å². The molecule has 2 rings (SSSR count). The molecular formula is C9H8FI. The quantitative estimate of drug-likeness (QED) is 0.498. The van der Waals surface area contributed by atoms with Crippen molar-refractivity contribution in [2.24, 2.45) is 0 Å². The summed E-state index contributed by atoms with van der Waals surface area (Å²) in [5.41, 5.74) is 2.08. The summed E-state index contributed by atoms with van der Waals surface area (Å²) in [5.74, 6) is 0. The van der Waals surface area contributed by atoms with Crippen molar-refractivity contribution in [2.75, 3.05) is 0 Å². The van der Waals surface area contributed by atoms with Crippen LogP contribution in [0.15, 0.2) is 24.3 Å². The van der Waals surface area contributed by atoms with E-state index in [1.54, 1.807) is 0 Å². The Labute approximate surface area is 78.9 Å². The summed E-state index contributed by atoms with van der Waals surface area (Å²) in [6.07, 6.45) is 0.143. The highest BCUT2D eigenvalue weighted by atomic mass is 127. The van der Waals surface area contributed by atoms with E-state index in [-0.39, 0.29) is 3.92 Å². The molecule has 11 heavy (non-hydrogen) atoms. The first kappa shape index (κ1) is 7.53. The number of alkyl halides is 2. The molecule has 1 aliphatic carbocycles. The van der Waals surface area contributed by atoms with E-state index in [2.05, 4.69) is 22.6 Å². The lowest BCUT2D eigenvalue weighted by Crippen LogP contribution is -1.98. The molecule has 0 amide bonds. The zero-order chi connectivity index (χ0) is 7.84. The molecule has 0 heterocycles. The lowest BCUT2D eigenvalue weighted by molar-refractivity contribution is 0.359. The minimum absolute atomic E-state index is 0.144. The second-order valence-corrected chi connectivity index (χ2v) is 4.42. The smallest absolute Gasteiger partial charge is 0.137 e. The van der Waals surface area contributed by atoms with Gasteiger partial charge in [-0.25, -0.2) is 4.39 Å². The normalized spacial score (nSPS) is 28.5. The van der Waals surface area contributed by atoms with E-state index in [1.807, 2.05) is 24.3 Å². The highest BCUT2D eigenvalue weighted by Crippen LogP contribution is 2.38. The minimum atomic E-state index is -0.744. The highest BCUT2D eigenvalue weighted by molar-refractivity contribution is 14.1. The number of benzene rings is 1. The van der Waals surface area contributed by atoms with E-state index < -0.39 is 6.17 Å². The molecule has 0 unspecified atom stereocenters. The molecule has 0 radical (unpaired) electrons. The largest absolute Gasteiger partial charge is 0.241 e. The van der Waals surface area contributed by atoms with Crippen molar-refractivity contribution in [3.05, 3.63) is 35.4 Å².